The molecular formula is C14H11BrF2O. The fourth-order valence-electron chi connectivity index (χ4n) is 1.50. The highest BCUT2D eigenvalue weighted by Crippen LogP contribution is 2.29. The fourth-order valence-corrected chi connectivity index (χ4v) is 1.87. The van der Waals surface area contributed by atoms with Gasteiger partial charge < -0.3 is 4.74 Å². The van der Waals surface area contributed by atoms with Crippen LogP contribution < -0.4 is 4.74 Å². The predicted molar refractivity (Wildman–Crippen MR) is 70.0 cm³/mol. The first kappa shape index (κ1) is 13.0. The number of ether oxygens (including phenoxy) is 1. The molecule has 0 unspecified atom stereocenters. The maximum absolute atomic E-state index is 13.8. The zero-order valence-electron chi connectivity index (χ0n) is 9.45. The quantitative estimate of drug-likeness (QED) is 0.800. The number of hydrogen-bond donors (Lipinski definition) is 0. The molecule has 2 aromatic carbocycles. The van der Waals surface area contributed by atoms with Crippen molar-refractivity contribution in [1.82, 2.24) is 0 Å². The van der Waals surface area contributed by atoms with Crippen molar-refractivity contribution in [1.29, 1.82) is 0 Å². The lowest BCUT2D eigenvalue weighted by Gasteiger charge is -2.17. The van der Waals surface area contributed by atoms with E-state index in [0.717, 1.165) is 4.47 Å². The molecular weight excluding hydrogens is 302 g/mol. The van der Waals surface area contributed by atoms with Crippen LogP contribution in [0.15, 0.2) is 59.1 Å². The fraction of sp³-hybridized carbons (Fsp3) is 0.143. The molecule has 0 aliphatic carbocycles. The van der Waals surface area contributed by atoms with Crippen LogP contribution >= 0.6 is 15.9 Å². The van der Waals surface area contributed by atoms with Crippen molar-refractivity contribution in [2.75, 3.05) is 6.61 Å². The topological polar surface area (TPSA) is 9.23 Å². The summed E-state index contributed by atoms with van der Waals surface area (Å²) in [6.45, 7) is -0.673. The summed E-state index contributed by atoms with van der Waals surface area (Å²) in [5, 5.41) is 0. The molecule has 18 heavy (non-hydrogen) atoms. The molecule has 0 radical (unpaired) electrons. The third-order valence-corrected chi connectivity index (χ3v) is 2.91. The number of benzene rings is 2. The second-order valence-electron chi connectivity index (χ2n) is 3.82. The minimum Gasteiger partial charge on any atom is -0.487 e. The van der Waals surface area contributed by atoms with E-state index in [0.29, 0.717) is 5.75 Å². The Morgan fingerprint density at radius 1 is 1.00 bits per heavy atom. The molecule has 0 aromatic heterocycles. The number of rotatable bonds is 4. The molecule has 0 saturated heterocycles. The second-order valence-corrected chi connectivity index (χ2v) is 4.73. The summed E-state index contributed by atoms with van der Waals surface area (Å²) in [6, 6.07) is 14.5. The zero-order valence-corrected chi connectivity index (χ0v) is 11.0. The van der Waals surface area contributed by atoms with Crippen LogP contribution in [0.25, 0.3) is 0 Å². The van der Waals surface area contributed by atoms with Gasteiger partial charge in [-0.1, -0.05) is 52.3 Å². The van der Waals surface area contributed by atoms with Gasteiger partial charge in [0.15, 0.2) is 6.61 Å². The summed E-state index contributed by atoms with van der Waals surface area (Å²) in [4.78, 5) is 0. The van der Waals surface area contributed by atoms with Crippen LogP contribution in [0.2, 0.25) is 0 Å². The van der Waals surface area contributed by atoms with E-state index in [1.807, 2.05) is 6.07 Å². The molecule has 0 amide bonds. The molecule has 94 valence electrons. The molecule has 1 nitrogen and oxygen atoms in total. The molecule has 2 rings (SSSR count). The minimum absolute atomic E-state index is 0.0417. The van der Waals surface area contributed by atoms with E-state index in [2.05, 4.69) is 15.9 Å². The monoisotopic (exact) mass is 312 g/mol. The Kier molecular flexibility index (Phi) is 3.97. The summed E-state index contributed by atoms with van der Waals surface area (Å²) >= 11 is 3.26. The first-order chi connectivity index (χ1) is 8.58. The maximum atomic E-state index is 13.8. The van der Waals surface area contributed by atoms with E-state index >= 15 is 0 Å². The van der Waals surface area contributed by atoms with Gasteiger partial charge in [-0.15, -0.1) is 0 Å². The maximum Gasteiger partial charge on any atom is 0.306 e. The molecule has 0 saturated carbocycles. The summed E-state index contributed by atoms with van der Waals surface area (Å²) in [5.41, 5.74) is -0.0417. The van der Waals surface area contributed by atoms with Crippen molar-refractivity contribution < 1.29 is 13.5 Å². The molecule has 0 heterocycles. The summed E-state index contributed by atoms with van der Waals surface area (Å²) in [6.07, 6.45) is 0. The van der Waals surface area contributed by atoms with Gasteiger partial charge in [-0.25, -0.2) is 0 Å². The smallest absolute Gasteiger partial charge is 0.306 e. The lowest BCUT2D eigenvalue weighted by atomic mass is 10.1. The van der Waals surface area contributed by atoms with E-state index in [1.54, 1.807) is 36.4 Å². The molecule has 0 fully saturated rings. The Bertz CT molecular complexity index is 514. The molecule has 0 aliphatic rings. The number of halogens is 3. The van der Waals surface area contributed by atoms with Gasteiger partial charge in [-0.2, -0.15) is 8.78 Å². The number of alkyl halides is 2. The third-order valence-electron chi connectivity index (χ3n) is 2.41. The Balaban J connectivity index is 2.05. The molecule has 0 bridgehead atoms. The van der Waals surface area contributed by atoms with Gasteiger partial charge in [0, 0.05) is 10.0 Å². The van der Waals surface area contributed by atoms with Gasteiger partial charge in [-0.3, -0.25) is 0 Å². The molecule has 0 spiro atoms. The van der Waals surface area contributed by atoms with Crippen molar-refractivity contribution in [2.24, 2.45) is 0 Å². The van der Waals surface area contributed by atoms with Crippen molar-refractivity contribution in [3.63, 3.8) is 0 Å². The number of hydrogen-bond acceptors (Lipinski definition) is 1. The van der Waals surface area contributed by atoms with Crippen molar-refractivity contribution in [3.8, 4) is 5.75 Å². The SMILES string of the molecule is FC(F)(COc1cccc(Br)c1)c1ccccc1. The van der Waals surface area contributed by atoms with Gasteiger partial charge >= 0.3 is 5.92 Å². The van der Waals surface area contributed by atoms with E-state index < -0.39 is 12.5 Å². The van der Waals surface area contributed by atoms with Crippen LogP contribution in [-0.4, -0.2) is 6.61 Å². The van der Waals surface area contributed by atoms with Crippen LogP contribution in [0.1, 0.15) is 5.56 Å². The molecule has 4 heteroatoms. The molecule has 0 aliphatic heterocycles. The molecule has 0 N–H and O–H groups in total. The lowest BCUT2D eigenvalue weighted by molar-refractivity contribution is -0.0467. The van der Waals surface area contributed by atoms with Gasteiger partial charge in [0.2, 0.25) is 0 Å². The summed E-state index contributed by atoms with van der Waals surface area (Å²) < 4.78 is 33.5. The first-order valence-corrected chi connectivity index (χ1v) is 6.19. The lowest BCUT2D eigenvalue weighted by Crippen LogP contribution is -2.23. The largest absolute Gasteiger partial charge is 0.487 e. The Hall–Kier alpha value is -1.42. The van der Waals surface area contributed by atoms with Crippen molar-refractivity contribution in [2.45, 2.75) is 5.92 Å². The normalized spacial score (nSPS) is 11.3. The molecule has 0 atom stereocenters. The van der Waals surface area contributed by atoms with E-state index in [4.69, 9.17) is 4.74 Å². The third kappa shape index (κ3) is 3.29. The van der Waals surface area contributed by atoms with Crippen LogP contribution in [-0.2, 0) is 5.92 Å². The standard InChI is InChI=1S/C14H11BrF2O/c15-12-7-4-8-13(9-12)18-10-14(16,17)11-5-2-1-3-6-11/h1-9H,10H2. The van der Waals surface area contributed by atoms with Crippen LogP contribution in [0, 0.1) is 0 Å². The average Bonchev–Trinajstić information content (AvgIpc) is 2.38. The predicted octanol–water partition coefficient (Wildman–Crippen LogP) is 4.62. The van der Waals surface area contributed by atoms with Gasteiger partial charge in [0.05, 0.1) is 0 Å². The average molecular weight is 313 g/mol. The highest BCUT2D eigenvalue weighted by Gasteiger charge is 2.32. The van der Waals surface area contributed by atoms with E-state index in [9.17, 15) is 8.78 Å². The molecule has 2 aromatic rings. The van der Waals surface area contributed by atoms with Crippen LogP contribution in [0.5, 0.6) is 5.75 Å². The van der Waals surface area contributed by atoms with Crippen LogP contribution in [0.4, 0.5) is 8.78 Å². The van der Waals surface area contributed by atoms with Crippen molar-refractivity contribution in [3.05, 3.63) is 64.6 Å². The summed E-state index contributed by atoms with van der Waals surface area (Å²) in [7, 11) is 0. The van der Waals surface area contributed by atoms with Crippen LogP contribution in [0.3, 0.4) is 0 Å². The zero-order chi connectivity index (χ0) is 13.0. The minimum atomic E-state index is -3.00. The second kappa shape index (κ2) is 5.48. The van der Waals surface area contributed by atoms with Crippen molar-refractivity contribution >= 4 is 15.9 Å². The van der Waals surface area contributed by atoms with Gasteiger partial charge in [0.25, 0.3) is 0 Å². The summed E-state index contributed by atoms with van der Waals surface area (Å²) in [5.74, 6) is -2.58. The van der Waals surface area contributed by atoms with Gasteiger partial charge in [0.1, 0.15) is 5.75 Å². The highest BCUT2D eigenvalue weighted by atomic mass is 79.9. The Morgan fingerprint density at radius 2 is 1.72 bits per heavy atom. The van der Waals surface area contributed by atoms with E-state index in [-0.39, 0.29) is 5.56 Å². The Labute approximate surface area is 113 Å². The first-order valence-electron chi connectivity index (χ1n) is 5.40. The highest BCUT2D eigenvalue weighted by molar-refractivity contribution is 9.10. The van der Waals surface area contributed by atoms with E-state index in [1.165, 1.54) is 12.1 Å². The Morgan fingerprint density at radius 3 is 2.39 bits per heavy atom. The van der Waals surface area contributed by atoms with Gasteiger partial charge in [-0.05, 0) is 18.2 Å².